The molecule has 13 nitrogen and oxygen atoms in total. The summed E-state index contributed by atoms with van der Waals surface area (Å²) >= 11 is 0. The first-order chi connectivity index (χ1) is 10.8. The van der Waals surface area contributed by atoms with Crippen molar-refractivity contribution in [3.05, 3.63) is 16.8 Å². The van der Waals surface area contributed by atoms with Crippen LogP contribution in [0.4, 0.5) is 5.95 Å². The van der Waals surface area contributed by atoms with Crippen LogP contribution in [-0.4, -0.2) is 38.5 Å². The fraction of sp³-hybridized carbons (Fsp3) is 0.444. The predicted molar refractivity (Wildman–Crippen MR) is 70.5 cm³/mol. The molecule has 0 radical (unpaired) electrons. The molecule has 0 saturated carbocycles. The molecule has 0 aliphatic heterocycles. The van der Waals surface area contributed by atoms with Crippen LogP contribution in [0.15, 0.2) is 11.4 Å². The Hall–Kier alpha value is -2.43. The number of nitrogens with zero attached hydrogens (tertiary/aromatic N) is 7. The van der Waals surface area contributed by atoms with E-state index in [0.717, 1.165) is 0 Å². The topological polar surface area (TPSA) is 214 Å². The van der Waals surface area contributed by atoms with E-state index >= 15 is 0 Å². The van der Waals surface area contributed by atoms with Crippen molar-refractivity contribution >= 4 is 24.7 Å². The molecule has 2 aromatic heterocycles. The molecule has 0 aliphatic rings. The van der Waals surface area contributed by atoms with Gasteiger partial charge in [0.05, 0.1) is 31.9 Å². The molecule has 0 spiro atoms. The van der Waals surface area contributed by atoms with Crippen molar-refractivity contribution in [2.45, 2.75) is 12.6 Å². The van der Waals surface area contributed by atoms with Gasteiger partial charge in [0.1, 0.15) is 5.52 Å². The first kappa shape index (κ1) is 16.9. The van der Waals surface area contributed by atoms with E-state index in [2.05, 4.69) is 25.0 Å². The first-order valence-electron chi connectivity index (χ1n) is 6.09. The number of ether oxygens (including phenoxy) is 1. The van der Waals surface area contributed by atoms with Crippen LogP contribution in [0.25, 0.3) is 21.6 Å². The van der Waals surface area contributed by atoms with Gasteiger partial charge in [-0.15, -0.1) is 0 Å². The Kier molecular flexibility index (Phi) is 4.98. The minimum absolute atomic E-state index is 0.0277. The molecule has 2 N–H and O–H groups in total. The van der Waals surface area contributed by atoms with Crippen molar-refractivity contribution < 1.29 is 24.2 Å². The number of hydrogen-bond acceptors (Lipinski definition) is 10. The summed E-state index contributed by atoms with van der Waals surface area (Å²) in [5.74, 6) is -0.914. The van der Waals surface area contributed by atoms with E-state index in [1.807, 2.05) is 0 Å². The smallest absolute Gasteiger partial charge is 0.221 e. The van der Waals surface area contributed by atoms with Crippen molar-refractivity contribution in [2.24, 2.45) is 5.11 Å². The summed E-state index contributed by atoms with van der Waals surface area (Å²) in [4.78, 5) is 35.0. The van der Waals surface area contributed by atoms with Crippen LogP contribution in [0.1, 0.15) is 0 Å². The molecule has 2 aromatic rings. The number of azide groups is 1. The lowest BCUT2D eigenvalue weighted by Crippen LogP contribution is -2.27. The quantitative estimate of drug-likeness (QED) is 0.256. The molecule has 2 rings (SSSR count). The number of aromatic nitrogens is 4. The molecule has 0 fully saturated rings. The third-order valence-electron chi connectivity index (χ3n) is 2.67. The monoisotopic (exact) mass is 341 g/mol. The van der Waals surface area contributed by atoms with Gasteiger partial charge in [-0.2, -0.15) is 4.98 Å². The SMILES string of the molecule is [N-]=[N+]=NC[C@H](Cn1cnc2c([O-])nc(N)nc21)OCP(=O)([O-])[O-]. The van der Waals surface area contributed by atoms with Crippen molar-refractivity contribution in [3.8, 4) is 5.88 Å². The minimum Gasteiger partial charge on any atom is -0.857 e. The minimum atomic E-state index is -4.88. The normalized spacial score (nSPS) is 13.0. The molecule has 0 amide bonds. The van der Waals surface area contributed by atoms with Crippen LogP contribution in [0, 0.1) is 0 Å². The Morgan fingerprint density at radius 2 is 2.26 bits per heavy atom. The van der Waals surface area contributed by atoms with Crippen LogP contribution in [-0.2, 0) is 15.8 Å². The summed E-state index contributed by atoms with van der Waals surface area (Å²) in [5.41, 5.74) is 13.8. The lowest BCUT2D eigenvalue weighted by Gasteiger charge is -2.30. The van der Waals surface area contributed by atoms with E-state index in [1.54, 1.807) is 0 Å². The van der Waals surface area contributed by atoms with E-state index < -0.39 is 25.9 Å². The van der Waals surface area contributed by atoms with E-state index in [-0.39, 0.29) is 30.2 Å². The van der Waals surface area contributed by atoms with Gasteiger partial charge in [0.25, 0.3) is 0 Å². The maximum atomic E-state index is 11.6. The van der Waals surface area contributed by atoms with Crippen LogP contribution in [0.5, 0.6) is 5.88 Å². The number of nitrogens with two attached hydrogens (primary N) is 1. The number of anilines is 1. The third kappa shape index (κ3) is 4.52. The van der Waals surface area contributed by atoms with Crippen molar-refractivity contribution in [1.82, 2.24) is 19.5 Å². The molecule has 0 aliphatic carbocycles. The summed E-state index contributed by atoms with van der Waals surface area (Å²) in [6.45, 7) is -0.299. The highest BCUT2D eigenvalue weighted by molar-refractivity contribution is 7.48. The van der Waals surface area contributed by atoms with E-state index in [0.29, 0.717) is 0 Å². The summed E-state index contributed by atoms with van der Waals surface area (Å²) in [6, 6.07) is 0. The van der Waals surface area contributed by atoms with Gasteiger partial charge in [-0.25, -0.2) is 9.97 Å². The average Bonchev–Trinajstić information content (AvgIpc) is 2.84. The molecule has 1 atom stereocenters. The maximum absolute atomic E-state index is 11.6. The second-order valence-electron chi connectivity index (χ2n) is 4.40. The standard InChI is InChI=1S/C9H13N8O5P/c10-9-14-7-6(8(18)15-9)12-3-17(7)2-5(1-13-16-11)22-4-23(19,20)21/h3,5H,1-2,4H2,(H2,19,20,21)(H3,10,14,15,18)/p-3/t5-/m1/s1. The van der Waals surface area contributed by atoms with E-state index in [9.17, 15) is 19.5 Å². The molecule has 2 heterocycles. The van der Waals surface area contributed by atoms with Crippen molar-refractivity contribution in [1.29, 1.82) is 0 Å². The zero-order valence-corrected chi connectivity index (χ0v) is 12.4. The van der Waals surface area contributed by atoms with Crippen molar-refractivity contribution in [2.75, 3.05) is 18.6 Å². The fourth-order valence-electron chi connectivity index (χ4n) is 1.77. The number of nitrogen functional groups attached to an aromatic ring is 1. The molecular formula is C9H10N8O5P-3. The Balaban J connectivity index is 2.24. The highest BCUT2D eigenvalue weighted by Crippen LogP contribution is 2.24. The number of hydrogen-bond donors (Lipinski definition) is 1. The van der Waals surface area contributed by atoms with Gasteiger partial charge in [0.15, 0.2) is 5.65 Å². The fourth-order valence-corrected chi connectivity index (χ4v) is 2.17. The molecular weight excluding hydrogens is 331 g/mol. The number of rotatable bonds is 7. The Morgan fingerprint density at radius 1 is 1.52 bits per heavy atom. The van der Waals surface area contributed by atoms with Gasteiger partial charge < -0.3 is 34.5 Å². The predicted octanol–water partition coefficient (Wildman–Crippen LogP) is -1.95. The van der Waals surface area contributed by atoms with Gasteiger partial charge in [-0.05, 0) is 13.1 Å². The average molecular weight is 341 g/mol. The highest BCUT2D eigenvalue weighted by atomic mass is 31.2. The van der Waals surface area contributed by atoms with E-state index in [1.165, 1.54) is 10.9 Å². The molecule has 0 unspecified atom stereocenters. The molecule has 14 heteroatoms. The molecule has 0 saturated heterocycles. The summed E-state index contributed by atoms with van der Waals surface area (Å²) in [7, 11) is -4.88. The highest BCUT2D eigenvalue weighted by Gasteiger charge is 2.14. The Morgan fingerprint density at radius 3 is 2.91 bits per heavy atom. The largest absolute Gasteiger partial charge is 0.857 e. The van der Waals surface area contributed by atoms with Gasteiger partial charge in [-0.3, -0.25) is 0 Å². The summed E-state index contributed by atoms with van der Waals surface area (Å²) in [5, 5.41) is 14.9. The summed E-state index contributed by atoms with van der Waals surface area (Å²) in [6.07, 6.45) is -0.749. The molecule has 23 heavy (non-hydrogen) atoms. The zero-order valence-electron chi connectivity index (χ0n) is 11.5. The van der Waals surface area contributed by atoms with Crippen molar-refractivity contribution in [3.63, 3.8) is 0 Å². The lowest BCUT2D eigenvalue weighted by atomic mass is 10.3. The van der Waals surface area contributed by atoms with E-state index in [4.69, 9.17) is 16.0 Å². The maximum Gasteiger partial charge on any atom is 0.221 e. The van der Waals surface area contributed by atoms with Gasteiger partial charge in [0.2, 0.25) is 5.95 Å². The van der Waals surface area contributed by atoms with Crippen LogP contribution < -0.4 is 20.6 Å². The summed E-state index contributed by atoms with van der Waals surface area (Å²) < 4.78 is 17.0. The molecule has 124 valence electrons. The van der Waals surface area contributed by atoms with Crippen LogP contribution in [0.3, 0.4) is 0 Å². The molecule has 0 aromatic carbocycles. The third-order valence-corrected chi connectivity index (χ3v) is 3.13. The second-order valence-corrected chi connectivity index (χ2v) is 5.88. The number of imidazole rings is 1. The zero-order chi connectivity index (χ0) is 17.0. The number of fused-ring (bicyclic) bond motifs is 1. The van der Waals surface area contributed by atoms with Gasteiger partial charge in [0, 0.05) is 10.8 Å². The van der Waals surface area contributed by atoms with Gasteiger partial charge >= 0.3 is 0 Å². The van der Waals surface area contributed by atoms with Gasteiger partial charge in [-0.1, -0.05) is 5.11 Å². The second kappa shape index (κ2) is 6.77. The first-order valence-corrected chi connectivity index (χ1v) is 7.82. The Bertz CT molecular complexity index is 797. The lowest BCUT2D eigenvalue weighted by molar-refractivity contribution is -0.319. The van der Waals surface area contributed by atoms with Crippen LogP contribution >= 0.6 is 7.60 Å². The Labute approximate surface area is 128 Å². The molecule has 0 bridgehead atoms. The van der Waals surface area contributed by atoms with Crippen LogP contribution in [0.2, 0.25) is 0 Å².